The minimum Gasteiger partial charge on any atom is -0.343 e. The number of nitrogens with zero attached hydrogens (tertiary/aromatic N) is 2. The second-order valence-electron chi connectivity index (χ2n) is 7.72. The molecule has 3 rings (SSSR count). The van der Waals surface area contributed by atoms with E-state index in [2.05, 4.69) is 35.8 Å². The van der Waals surface area contributed by atoms with Crippen LogP contribution >= 0.6 is 23.2 Å². The predicted molar refractivity (Wildman–Crippen MR) is 125 cm³/mol. The van der Waals surface area contributed by atoms with E-state index in [1.54, 1.807) is 0 Å². The summed E-state index contributed by atoms with van der Waals surface area (Å²) in [5, 5.41) is 0. The van der Waals surface area contributed by atoms with Crippen LogP contribution in [0.5, 0.6) is 0 Å². The molecule has 0 amide bonds. The van der Waals surface area contributed by atoms with Crippen molar-refractivity contribution >= 4 is 40.5 Å². The predicted octanol–water partition coefficient (Wildman–Crippen LogP) is 5.16. The molecule has 0 radical (unpaired) electrons. The van der Waals surface area contributed by atoms with Gasteiger partial charge in [0.1, 0.15) is 0 Å². The van der Waals surface area contributed by atoms with Crippen molar-refractivity contribution in [2.45, 2.75) is 39.0 Å². The second-order valence-corrected chi connectivity index (χ2v) is 8.47. The van der Waals surface area contributed by atoms with Crippen LogP contribution in [0.1, 0.15) is 54.9 Å². The van der Waals surface area contributed by atoms with Crippen LogP contribution in [0.4, 0.5) is 5.69 Å². The fourth-order valence-electron chi connectivity index (χ4n) is 4.35. The first-order valence-electron chi connectivity index (χ1n) is 10.8. The Balaban J connectivity index is 1.95. The molecule has 2 aliphatic rings. The first-order valence-corrected chi connectivity index (χ1v) is 11.8. The van der Waals surface area contributed by atoms with Gasteiger partial charge in [-0.1, -0.05) is 19.9 Å². The number of alkyl halides is 2. The molecule has 1 heterocycles. The molecular formula is C24H30Cl2N2O2. The van der Waals surface area contributed by atoms with E-state index in [1.165, 1.54) is 5.70 Å². The maximum Gasteiger partial charge on any atom is 0.164 e. The molecule has 0 fully saturated rings. The van der Waals surface area contributed by atoms with Gasteiger partial charge in [0.05, 0.1) is 0 Å². The molecule has 4 nitrogen and oxygen atoms in total. The number of hydrogen-bond donors (Lipinski definition) is 0. The third-order valence-corrected chi connectivity index (χ3v) is 6.48. The van der Waals surface area contributed by atoms with Crippen molar-refractivity contribution in [1.29, 1.82) is 0 Å². The number of carbonyl (C=O) groups is 2. The zero-order chi connectivity index (χ0) is 21.7. The highest BCUT2D eigenvalue weighted by Crippen LogP contribution is 2.48. The number of hydrogen-bond acceptors (Lipinski definition) is 4. The maximum absolute atomic E-state index is 12.5. The van der Waals surface area contributed by atoms with Gasteiger partial charge in [-0.3, -0.25) is 9.59 Å². The standard InChI is InChI=1S/C24H30Cl2N2O2/c1-3-27(4-2)13-14-28-21-7-5-17(23(29)9-11-25)15-19(21)20-16-18(6-8-22(20)28)24(30)10-12-26/h5-8,15,20H,3-4,9-14,16H2,1-2H3. The molecule has 0 N–H and O–H groups in total. The van der Waals surface area contributed by atoms with E-state index in [-0.39, 0.29) is 17.5 Å². The molecule has 6 heteroatoms. The number of allylic oxidation sites excluding steroid dienone is 4. The van der Waals surface area contributed by atoms with Crippen molar-refractivity contribution in [3.8, 4) is 0 Å². The monoisotopic (exact) mass is 448 g/mol. The van der Waals surface area contributed by atoms with Gasteiger partial charge >= 0.3 is 0 Å². The molecule has 0 saturated heterocycles. The third kappa shape index (κ3) is 4.82. The van der Waals surface area contributed by atoms with E-state index in [0.29, 0.717) is 36.6 Å². The van der Waals surface area contributed by atoms with Crippen LogP contribution in [-0.2, 0) is 4.79 Å². The summed E-state index contributed by atoms with van der Waals surface area (Å²) in [4.78, 5) is 29.7. The zero-order valence-corrected chi connectivity index (χ0v) is 19.3. The van der Waals surface area contributed by atoms with Gasteiger partial charge in [0.25, 0.3) is 0 Å². The Labute approximate surface area is 189 Å². The van der Waals surface area contributed by atoms with Crippen LogP contribution < -0.4 is 4.90 Å². The van der Waals surface area contributed by atoms with E-state index < -0.39 is 0 Å². The lowest BCUT2D eigenvalue weighted by Crippen LogP contribution is -2.34. The molecule has 0 bridgehead atoms. The van der Waals surface area contributed by atoms with Crippen LogP contribution in [0.2, 0.25) is 0 Å². The smallest absolute Gasteiger partial charge is 0.164 e. The first kappa shape index (κ1) is 23.1. The number of carbonyl (C=O) groups excluding carboxylic acids is 2. The Morgan fingerprint density at radius 1 is 1.07 bits per heavy atom. The van der Waals surface area contributed by atoms with E-state index in [9.17, 15) is 9.59 Å². The van der Waals surface area contributed by atoms with Gasteiger partial charge in [-0.2, -0.15) is 0 Å². The van der Waals surface area contributed by atoms with Gasteiger partial charge < -0.3 is 9.80 Å². The number of benzene rings is 1. The van der Waals surface area contributed by atoms with E-state index >= 15 is 0 Å². The zero-order valence-electron chi connectivity index (χ0n) is 17.8. The lowest BCUT2D eigenvalue weighted by molar-refractivity contribution is -0.115. The molecule has 1 aliphatic carbocycles. The minimum absolute atomic E-state index is 0.0599. The van der Waals surface area contributed by atoms with Crippen molar-refractivity contribution < 1.29 is 9.59 Å². The number of halogens is 2. The van der Waals surface area contributed by atoms with Crippen molar-refractivity contribution in [3.63, 3.8) is 0 Å². The molecule has 1 atom stereocenters. The third-order valence-electron chi connectivity index (χ3n) is 6.10. The molecule has 0 aromatic heterocycles. The highest BCUT2D eigenvalue weighted by molar-refractivity contribution is 6.20. The molecule has 162 valence electrons. The Kier molecular flexibility index (Phi) is 8.15. The molecule has 1 aliphatic heterocycles. The minimum atomic E-state index is 0.0599. The van der Waals surface area contributed by atoms with Gasteiger partial charge in [0.2, 0.25) is 0 Å². The van der Waals surface area contributed by atoms with Crippen LogP contribution in [0.3, 0.4) is 0 Å². The molecule has 1 aromatic carbocycles. The SMILES string of the molecule is CCN(CC)CCN1C2=CC=C(C(=O)CCCl)CC2c2cc(C(=O)CCCl)ccc21. The fourth-order valence-corrected chi connectivity index (χ4v) is 4.69. The fraction of sp³-hybridized carbons (Fsp3) is 0.500. The quantitative estimate of drug-likeness (QED) is 0.346. The molecule has 30 heavy (non-hydrogen) atoms. The molecule has 1 aromatic rings. The Morgan fingerprint density at radius 2 is 1.77 bits per heavy atom. The average molecular weight is 449 g/mol. The Bertz CT molecular complexity index is 859. The number of Topliss-reactive ketones (excluding diaryl/α,β-unsaturated/α-hetero) is 2. The Hall–Kier alpha value is -1.62. The summed E-state index contributed by atoms with van der Waals surface area (Å²) in [5.41, 5.74) is 4.99. The van der Waals surface area contributed by atoms with Gasteiger partial charge in [0, 0.05) is 60.6 Å². The summed E-state index contributed by atoms with van der Waals surface area (Å²) in [6.07, 6.45) is 5.38. The number of fused-ring (bicyclic) bond motifs is 3. The Morgan fingerprint density at radius 3 is 2.43 bits per heavy atom. The second kappa shape index (κ2) is 10.6. The largest absolute Gasteiger partial charge is 0.343 e. The summed E-state index contributed by atoms with van der Waals surface area (Å²) < 4.78 is 0. The molecule has 1 unspecified atom stereocenters. The highest BCUT2D eigenvalue weighted by atomic mass is 35.5. The molecule has 0 saturated carbocycles. The summed E-state index contributed by atoms with van der Waals surface area (Å²) in [5.74, 6) is 0.920. The first-order chi connectivity index (χ1) is 14.5. The number of ketones is 2. The van der Waals surface area contributed by atoms with Crippen molar-refractivity contribution in [1.82, 2.24) is 4.90 Å². The van der Waals surface area contributed by atoms with Crippen molar-refractivity contribution in [3.05, 3.63) is 52.7 Å². The lowest BCUT2D eigenvalue weighted by atomic mass is 9.85. The van der Waals surface area contributed by atoms with Crippen LogP contribution in [-0.4, -0.2) is 54.4 Å². The number of anilines is 1. The van der Waals surface area contributed by atoms with Crippen molar-refractivity contribution in [2.75, 3.05) is 42.8 Å². The topological polar surface area (TPSA) is 40.6 Å². The van der Waals surface area contributed by atoms with Gasteiger partial charge in [0.15, 0.2) is 11.6 Å². The van der Waals surface area contributed by atoms with Gasteiger partial charge in [-0.05, 0) is 54.9 Å². The normalized spacial score (nSPS) is 17.5. The average Bonchev–Trinajstić information content (AvgIpc) is 3.07. The summed E-state index contributed by atoms with van der Waals surface area (Å²) in [7, 11) is 0. The summed E-state index contributed by atoms with van der Waals surface area (Å²) >= 11 is 11.6. The molecular weight excluding hydrogens is 419 g/mol. The van der Waals surface area contributed by atoms with E-state index in [1.807, 2.05) is 18.2 Å². The highest BCUT2D eigenvalue weighted by Gasteiger charge is 2.36. The van der Waals surface area contributed by atoms with Crippen LogP contribution in [0.15, 0.2) is 41.6 Å². The van der Waals surface area contributed by atoms with Crippen LogP contribution in [0, 0.1) is 0 Å². The van der Waals surface area contributed by atoms with Crippen molar-refractivity contribution in [2.24, 2.45) is 0 Å². The van der Waals surface area contributed by atoms with Gasteiger partial charge in [-0.15, -0.1) is 23.2 Å². The van der Waals surface area contributed by atoms with Crippen LogP contribution in [0.25, 0.3) is 0 Å². The number of likely N-dealkylation sites (N-methyl/N-ethyl adjacent to an activating group) is 1. The molecule has 0 spiro atoms. The van der Waals surface area contributed by atoms with E-state index in [4.69, 9.17) is 23.2 Å². The summed E-state index contributed by atoms with van der Waals surface area (Å²) in [6.45, 7) is 8.23. The van der Waals surface area contributed by atoms with E-state index in [0.717, 1.165) is 43.0 Å². The summed E-state index contributed by atoms with van der Waals surface area (Å²) in [6, 6.07) is 5.97. The lowest BCUT2D eigenvalue weighted by Gasteiger charge is -2.28. The number of rotatable bonds is 11. The maximum atomic E-state index is 12.5. The van der Waals surface area contributed by atoms with Gasteiger partial charge in [-0.25, -0.2) is 0 Å².